The quantitative estimate of drug-likeness (QED) is 0.661. The third-order valence-corrected chi connectivity index (χ3v) is 3.13. The lowest BCUT2D eigenvalue weighted by molar-refractivity contribution is -0.115. The predicted octanol–water partition coefficient (Wildman–Crippen LogP) is 3.92. The highest BCUT2D eigenvalue weighted by molar-refractivity contribution is 6.33. The molecule has 4 heteroatoms. The summed E-state index contributed by atoms with van der Waals surface area (Å²) in [5, 5.41) is 5.75. The SMILES string of the molecule is Cc1cccc(NC(=O)C(Cl)Nc2cccc(C)c2)c1. The first kappa shape index (κ1) is 14.4. The van der Waals surface area contributed by atoms with Crippen LogP contribution in [0.5, 0.6) is 0 Å². The van der Waals surface area contributed by atoms with E-state index >= 15 is 0 Å². The van der Waals surface area contributed by atoms with Crippen LogP contribution in [0.3, 0.4) is 0 Å². The Morgan fingerprint density at radius 3 is 2.15 bits per heavy atom. The largest absolute Gasteiger partial charge is 0.362 e. The lowest BCUT2D eigenvalue weighted by atomic mass is 10.2. The molecule has 1 atom stereocenters. The Bertz CT molecular complexity index is 613. The van der Waals surface area contributed by atoms with E-state index in [1.165, 1.54) is 0 Å². The van der Waals surface area contributed by atoms with Gasteiger partial charge in [0, 0.05) is 11.4 Å². The van der Waals surface area contributed by atoms with E-state index in [1.54, 1.807) is 0 Å². The van der Waals surface area contributed by atoms with Gasteiger partial charge in [-0.15, -0.1) is 0 Å². The van der Waals surface area contributed by atoms with E-state index in [0.29, 0.717) is 0 Å². The molecule has 0 aliphatic carbocycles. The second kappa shape index (κ2) is 6.44. The van der Waals surface area contributed by atoms with Gasteiger partial charge in [-0.25, -0.2) is 0 Å². The number of nitrogens with one attached hydrogen (secondary N) is 2. The van der Waals surface area contributed by atoms with Crippen LogP contribution in [0.2, 0.25) is 0 Å². The first-order chi connectivity index (χ1) is 9.54. The number of alkyl halides is 1. The van der Waals surface area contributed by atoms with Crippen molar-refractivity contribution in [3.05, 3.63) is 59.7 Å². The van der Waals surface area contributed by atoms with Crippen molar-refractivity contribution < 1.29 is 4.79 Å². The molecule has 0 aliphatic heterocycles. The second-order valence-electron chi connectivity index (χ2n) is 4.74. The highest BCUT2D eigenvalue weighted by Crippen LogP contribution is 2.15. The van der Waals surface area contributed by atoms with Gasteiger partial charge in [-0.05, 0) is 49.2 Å². The summed E-state index contributed by atoms with van der Waals surface area (Å²) in [4.78, 5) is 12.0. The fourth-order valence-electron chi connectivity index (χ4n) is 1.88. The summed E-state index contributed by atoms with van der Waals surface area (Å²) in [6.07, 6.45) is 0. The highest BCUT2D eigenvalue weighted by atomic mass is 35.5. The molecule has 0 heterocycles. The number of hydrogen-bond donors (Lipinski definition) is 2. The molecule has 0 radical (unpaired) electrons. The number of halogens is 1. The highest BCUT2D eigenvalue weighted by Gasteiger charge is 2.15. The standard InChI is InChI=1S/C16H17ClN2O/c1-11-5-3-7-13(9-11)18-15(17)16(20)19-14-8-4-6-12(2)10-14/h3-10,15,18H,1-2H3,(H,19,20). The number of carbonyl (C=O) groups excluding carboxylic acids is 1. The minimum absolute atomic E-state index is 0.279. The Balaban J connectivity index is 1.98. The van der Waals surface area contributed by atoms with Crippen molar-refractivity contribution in [2.75, 3.05) is 10.6 Å². The summed E-state index contributed by atoms with van der Waals surface area (Å²) >= 11 is 6.08. The molecular formula is C16H17ClN2O. The van der Waals surface area contributed by atoms with Crippen molar-refractivity contribution in [2.24, 2.45) is 0 Å². The molecule has 0 saturated heterocycles. The predicted molar refractivity (Wildman–Crippen MR) is 84.3 cm³/mol. The summed E-state index contributed by atoms with van der Waals surface area (Å²) in [6.45, 7) is 3.96. The summed E-state index contributed by atoms with van der Waals surface area (Å²) in [7, 11) is 0. The molecule has 2 aromatic carbocycles. The van der Waals surface area contributed by atoms with Crippen molar-refractivity contribution in [2.45, 2.75) is 19.3 Å². The lowest BCUT2D eigenvalue weighted by Gasteiger charge is -2.14. The average Bonchev–Trinajstić information content (AvgIpc) is 2.38. The van der Waals surface area contributed by atoms with Crippen LogP contribution in [-0.2, 0) is 4.79 Å². The van der Waals surface area contributed by atoms with Crippen molar-refractivity contribution in [1.29, 1.82) is 0 Å². The van der Waals surface area contributed by atoms with E-state index in [4.69, 9.17) is 11.6 Å². The van der Waals surface area contributed by atoms with Gasteiger partial charge in [0.15, 0.2) is 5.50 Å². The third kappa shape index (κ3) is 4.00. The zero-order chi connectivity index (χ0) is 14.5. The van der Waals surface area contributed by atoms with Crippen molar-refractivity contribution in [3.8, 4) is 0 Å². The lowest BCUT2D eigenvalue weighted by Crippen LogP contribution is -2.29. The molecule has 0 aromatic heterocycles. The maximum Gasteiger partial charge on any atom is 0.262 e. The Morgan fingerprint density at radius 2 is 1.55 bits per heavy atom. The zero-order valence-electron chi connectivity index (χ0n) is 11.5. The van der Waals surface area contributed by atoms with E-state index in [1.807, 2.05) is 62.4 Å². The molecule has 0 saturated carbocycles. The average molecular weight is 289 g/mol. The van der Waals surface area contributed by atoms with Gasteiger partial charge in [0.25, 0.3) is 5.91 Å². The van der Waals surface area contributed by atoms with Gasteiger partial charge >= 0.3 is 0 Å². The Kier molecular flexibility index (Phi) is 4.64. The van der Waals surface area contributed by atoms with Gasteiger partial charge in [-0.1, -0.05) is 35.9 Å². The van der Waals surface area contributed by atoms with Crippen LogP contribution < -0.4 is 10.6 Å². The van der Waals surface area contributed by atoms with Gasteiger partial charge in [0.05, 0.1) is 0 Å². The first-order valence-corrected chi connectivity index (χ1v) is 6.83. The summed E-state index contributed by atoms with van der Waals surface area (Å²) in [5.74, 6) is -0.279. The zero-order valence-corrected chi connectivity index (χ0v) is 12.2. The third-order valence-electron chi connectivity index (χ3n) is 2.83. The van der Waals surface area contributed by atoms with E-state index in [2.05, 4.69) is 10.6 Å². The molecular weight excluding hydrogens is 272 g/mol. The number of benzene rings is 2. The Labute approximate surface area is 124 Å². The van der Waals surface area contributed by atoms with Gasteiger partial charge in [0.1, 0.15) is 0 Å². The molecule has 3 nitrogen and oxygen atoms in total. The van der Waals surface area contributed by atoms with Crippen LogP contribution in [0, 0.1) is 13.8 Å². The van der Waals surface area contributed by atoms with Gasteiger partial charge in [-0.2, -0.15) is 0 Å². The molecule has 1 amide bonds. The molecule has 2 N–H and O–H groups in total. The maximum atomic E-state index is 12.0. The van der Waals surface area contributed by atoms with Crippen LogP contribution in [0.4, 0.5) is 11.4 Å². The summed E-state index contributed by atoms with van der Waals surface area (Å²) in [5.41, 5.74) is 2.94. The molecule has 1 unspecified atom stereocenters. The number of anilines is 2. The van der Waals surface area contributed by atoms with Gasteiger partial charge in [-0.3, -0.25) is 4.79 Å². The van der Waals surface area contributed by atoms with Gasteiger partial charge in [0.2, 0.25) is 0 Å². The Hall–Kier alpha value is -2.00. The number of rotatable bonds is 4. The van der Waals surface area contributed by atoms with Crippen molar-refractivity contribution >= 4 is 28.9 Å². The fourth-order valence-corrected chi connectivity index (χ4v) is 2.06. The van der Waals surface area contributed by atoms with E-state index in [0.717, 1.165) is 22.5 Å². The van der Waals surface area contributed by atoms with Crippen LogP contribution in [0.25, 0.3) is 0 Å². The van der Waals surface area contributed by atoms with Crippen LogP contribution in [0.15, 0.2) is 48.5 Å². The van der Waals surface area contributed by atoms with E-state index in [9.17, 15) is 4.79 Å². The molecule has 20 heavy (non-hydrogen) atoms. The van der Waals surface area contributed by atoms with Crippen LogP contribution in [0.1, 0.15) is 11.1 Å². The first-order valence-electron chi connectivity index (χ1n) is 6.39. The fraction of sp³-hybridized carbons (Fsp3) is 0.188. The van der Waals surface area contributed by atoms with E-state index in [-0.39, 0.29) is 5.91 Å². The molecule has 2 aromatic rings. The smallest absolute Gasteiger partial charge is 0.262 e. The van der Waals surface area contributed by atoms with Crippen LogP contribution >= 0.6 is 11.6 Å². The minimum Gasteiger partial charge on any atom is -0.362 e. The summed E-state index contributed by atoms with van der Waals surface area (Å²) in [6, 6.07) is 15.3. The number of amides is 1. The molecule has 104 valence electrons. The van der Waals surface area contributed by atoms with Crippen molar-refractivity contribution in [1.82, 2.24) is 0 Å². The summed E-state index contributed by atoms with van der Waals surface area (Å²) < 4.78 is 0. The number of hydrogen-bond acceptors (Lipinski definition) is 2. The molecule has 0 aliphatic rings. The monoisotopic (exact) mass is 288 g/mol. The molecule has 0 fully saturated rings. The topological polar surface area (TPSA) is 41.1 Å². The Morgan fingerprint density at radius 1 is 1.00 bits per heavy atom. The van der Waals surface area contributed by atoms with Gasteiger partial charge < -0.3 is 10.6 Å². The normalized spacial score (nSPS) is 11.8. The number of carbonyl (C=O) groups is 1. The van der Waals surface area contributed by atoms with E-state index < -0.39 is 5.50 Å². The molecule has 0 spiro atoms. The molecule has 0 bridgehead atoms. The molecule has 2 rings (SSSR count). The van der Waals surface area contributed by atoms with Crippen LogP contribution in [-0.4, -0.2) is 11.4 Å². The maximum absolute atomic E-state index is 12.0. The second-order valence-corrected chi connectivity index (χ2v) is 5.17. The minimum atomic E-state index is -0.822. The number of aryl methyl sites for hydroxylation is 2. The van der Waals surface area contributed by atoms with Crippen molar-refractivity contribution in [3.63, 3.8) is 0 Å².